The first-order valence-electron chi connectivity index (χ1n) is 4.40. The van der Waals surface area contributed by atoms with Crippen molar-refractivity contribution in [3.05, 3.63) is 24.5 Å². The van der Waals surface area contributed by atoms with Crippen LogP contribution in [0.2, 0.25) is 0 Å². The Morgan fingerprint density at radius 1 is 1.31 bits per heavy atom. The lowest BCUT2D eigenvalue weighted by atomic mass is 10.4. The summed E-state index contributed by atoms with van der Waals surface area (Å²) in [6.07, 6.45) is 6.37. The molecule has 0 saturated heterocycles. The van der Waals surface area contributed by atoms with E-state index >= 15 is 0 Å². The second-order valence-electron chi connectivity index (χ2n) is 3.28. The highest BCUT2D eigenvalue weighted by atomic mass is 32.2. The van der Waals surface area contributed by atoms with Crippen molar-refractivity contribution in [1.29, 1.82) is 0 Å². The highest BCUT2D eigenvalue weighted by Crippen LogP contribution is 2.10. The Bertz CT molecular complexity index is 244. The standard InChI is InChI=1S/C10H17N2S/c1-11(2)8-9-12-6-4-10(13-3)5-7-12/h4-7H,8-9H2,1-3H3/q+1. The minimum Gasteiger partial charge on any atom is -0.303 e. The average Bonchev–Trinajstić information content (AvgIpc) is 2.15. The van der Waals surface area contributed by atoms with Gasteiger partial charge in [0, 0.05) is 17.0 Å². The fourth-order valence-corrected chi connectivity index (χ4v) is 1.44. The van der Waals surface area contributed by atoms with E-state index in [0.29, 0.717) is 0 Å². The second kappa shape index (κ2) is 5.25. The van der Waals surface area contributed by atoms with E-state index in [1.165, 1.54) is 4.90 Å². The van der Waals surface area contributed by atoms with E-state index in [1.807, 2.05) is 0 Å². The Morgan fingerprint density at radius 2 is 1.92 bits per heavy atom. The highest BCUT2D eigenvalue weighted by Gasteiger charge is 2.00. The second-order valence-corrected chi connectivity index (χ2v) is 4.16. The average molecular weight is 197 g/mol. The molecule has 0 atom stereocenters. The van der Waals surface area contributed by atoms with Gasteiger partial charge in [-0.25, -0.2) is 4.57 Å². The van der Waals surface area contributed by atoms with E-state index in [0.717, 1.165) is 13.1 Å². The summed E-state index contributed by atoms with van der Waals surface area (Å²) in [5.74, 6) is 0. The SMILES string of the molecule is CSc1cc[n+](CCN(C)C)cc1. The van der Waals surface area contributed by atoms with Gasteiger partial charge in [0.1, 0.15) is 0 Å². The van der Waals surface area contributed by atoms with Crippen molar-refractivity contribution in [3.8, 4) is 0 Å². The molecule has 1 aromatic heterocycles. The van der Waals surface area contributed by atoms with Crippen LogP contribution in [0.15, 0.2) is 29.4 Å². The number of hydrogen-bond acceptors (Lipinski definition) is 2. The Balaban J connectivity index is 2.49. The third-order valence-corrected chi connectivity index (χ3v) is 2.65. The minimum atomic E-state index is 1.06. The Morgan fingerprint density at radius 3 is 2.38 bits per heavy atom. The zero-order valence-corrected chi connectivity index (χ0v) is 9.34. The van der Waals surface area contributed by atoms with E-state index in [2.05, 4.69) is 54.3 Å². The number of pyridine rings is 1. The van der Waals surface area contributed by atoms with Gasteiger partial charge in [-0.05, 0) is 20.4 Å². The largest absolute Gasteiger partial charge is 0.303 e. The topological polar surface area (TPSA) is 7.12 Å². The van der Waals surface area contributed by atoms with Gasteiger partial charge in [-0.3, -0.25) is 0 Å². The zero-order valence-electron chi connectivity index (χ0n) is 8.53. The van der Waals surface area contributed by atoms with Crippen LogP contribution in [0.4, 0.5) is 0 Å². The molecule has 72 valence electrons. The summed E-state index contributed by atoms with van der Waals surface area (Å²) >= 11 is 1.78. The highest BCUT2D eigenvalue weighted by molar-refractivity contribution is 7.98. The van der Waals surface area contributed by atoms with Crippen LogP contribution in [0.5, 0.6) is 0 Å². The van der Waals surface area contributed by atoms with Crippen molar-refractivity contribution in [2.75, 3.05) is 26.9 Å². The first-order chi connectivity index (χ1) is 6.22. The molecule has 0 unspecified atom stereocenters. The first-order valence-corrected chi connectivity index (χ1v) is 5.62. The molecule has 0 aliphatic carbocycles. The summed E-state index contributed by atoms with van der Waals surface area (Å²) in [6.45, 7) is 2.14. The first kappa shape index (κ1) is 10.5. The molecule has 0 aliphatic heterocycles. The van der Waals surface area contributed by atoms with E-state index in [9.17, 15) is 0 Å². The van der Waals surface area contributed by atoms with E-state index in [4.69, 9.17) is 0 Å². The molecule has 3 heteroatoms. The summed E-state index contributed by atoms with van der Waals surface area (Å²) in [5, 5.41) is 0. The fourth-order valence-electron chi connectivity index (χ4n) is 1.04. The summed E-state index contributed by atoms with van der Waals surface area (Å²) in [7, 11) is 4.19. The third kappa shape index (κ3) is 3.79. The summed E-state index contributed by atoms with van der Waals surface area (Å²) in [4.78, 5) is 3.51. The van der Waals surface area contributed by atoms with Crippen LogP contribution in [0.3, 0.4) is 0 Å². The maximum absolute atomic E-state index is 2.21. The lowest BCUT2D eigenvalue weighted by Gasteiger charge is -2.05. The number of hydrogen-bond donors (Lipinski definition) is 0. The van der Waals surface area contributed by atoms with Gasteiger partial charge in [0.2, 0.25) is 0 Å². The van der Waals surface area contributed by atoms with Crippen LogP contribution in [0.1, 0.15) is 0 Å². The Labute approximate surface area is 84.6 Å². The van der Waals surface area contributed by atoms with Gasteiger partial charge in [0.05, 0.1) is 6.54 Å². The molecular formula is C10H17N2S+. The molecule has 13 heavy (non-hydrogen) atoms. The fraction of sp³-hybridized carbons (Fsp3) is 0.500. The molecule has 1 rings (SSSR count). The monoisotopic (exact) mass is 197 g/mol. The molecule has 0 amide bonds. The molecule has 2 nitrogen and oxygen atoms in total. The van der Waals surface area contributed by atoms with Crippen LogP contribution < -0.4 is 4.57 Å². The van der Waals surface area contributed by atoms with Crippen molar-refractivity contribution >= 4 is 11.8 Å². The van der Waals surface area contributed by atoms with Gasteiger partial charge < -0.3 is 4.90 Å². The molecule has 0 spiro atoms. The zero-order chi connectivity index (χ0) is 9.68. The molecule has 0 aromatic carbocycles. The normalized spacial score (nSPS) is 10.8. The van der Waals surface area contributed by atoms with Crippen LogP contribution in [-0.4, -0.2) is 31.8 Å². The van der Waals surface area contributed by atoms with Gasteiger partial charge in [-0.2, -0.15) is 0 Å². The Kier molecular flexibility index (Phi) is 4.25. The van der Waals surface area contributed by atoms with Crippen LogP contribution in [0, 0.1) is 0 Å². The van der Waals surface area contributed by atoms with E-state index in [-0.39, 0.29) is 0 Å². The van der Waals surface area contributed by atoms with Crippen molar-refractivity contribution in [2.24, 2.45) is 0 Å². The van der Waals surface area contributed by atoms with Gasteiger partial charge in [0.15, 0.2) is 18.9 Å². The van der Waals surface area contributed by atoms with Crippen molar-refractivity contribution in [3.63, 3.8) is 0 Å². The number of thioether (sulfide) groups is 1. The maximum Gasteiger partial charge on any atom is 0.169 e. The molecule has 0 N–H and O–H groups in total. The molecule has 0 fully saturated rings. The number of rotatable bonds is 4. The quantitative estimate of drug-likeness (QED) is 0.530. The molecule has 1 aromatic rings. The van der Waals surface area contributed by atoms with Gasteiger partial charge >= 0.3 is 0 Å². The lowest BCUT2D eigenvalue weighted by molar-refractivity contribution is -0.696. The van der Waals surface area contributed by atoms with Gasteiger partial charge in [-0.15, -0.1) is 11.8 Å². The number of aromatic nitrogens is 1. The van der Waals surface area contributed by atoms with E-state index < -0.39 is 0 Å². The molecule has 0 saturated carbocycles. The molecule has 0 radical (unpaired) electrons. The predicted molar refractivity (Wildman–Crippen MR) is 57.0 cm³/mol. The molecule has 0 bridgehead atoms. The van der Waals surface area contributed by atoms with E-state index in [1.54, 1.807) is 11.8 Å². The minimum absolute atomic E-state index is 1.06. The molecular weight excluding hydrogens is 180 g/mol. The van der Waals surface area contributed by atoms with Crippen molar-refractivity contribution < 1.29 is 4.57 Å². The number of likely N-dealkylation sites (N-methyl/N-ethyl adjacent to an activating group) is 1. The Hall–Kier alpha value is -0.540. The number of nitrogens with zero attached hydrogens (tertiary/aromatic N) is 2. The van der Waals surface area contributed by atoms with Crippen molar-refractivity contribution in [2.45, 2.75) is 11.4 Å². The smallest absolute Gasteiger partial charge is 0.169 e. The van der Waals surface area contributed by atoms with Gasteiger partial charge in [-0.1, -0.05) is 0 Å². The summed E-state index contributed by atoms with van der Waals surface area (Å²) in [6, 6.07) is 4.31. The maximum atomic E-state index is 2.21. The van der Waals surface area contributed by atoms with Crippen molar-refractivity contribution in [1.82, 2.24) is 4.90 Å². The predicted octanol–water partition coefficient (Wildman–Crippen LogP) is 1.26. The summed E-state index contributed by atoms with van der Waals surface area (Å²) < 4.78 is 2.21. The lowest BCUT2D eigenvalue weighted by Crippen LogP contribution is -2.37. The molecule has 1 heterocycles. The van der Waals surface area contributed by atoms with Gasteiger partial charge in [0.25, 0.3) is 0 Å². The van der Waals surface area contributed by atoms with Crippen LogP contribution >= 0.6 is 11.8 Å². The summed E-state index contributed by atoms with van der Waals surface area (Å²) in [5.41, 5.74) is 0. The molecule has 0 aliphatic rings. The van der Waals surface area contributed by atoms with Crippen LogP contribution in [-0.2, 0) is 6.54 Å². The third-order valence-electron chi connectivity index (χ3n) is 1.90. The van der Waals surface area contributed by atoms with Crippen LogP contribution in [0.25, 0.3) is 0 Å².